The SMILES string of the molecule is N=c1ncn(CCC2CCN(CC3(C(F)(F)F)CC3)CC2)c2nc(Sc3cc4c(cc3Br)OCO4)[nH]c12. The van der Waals surface area contributed by atoms with E-state index in [-0.39, 0.29) is 31.7 Å². The van der Waals surface area contributed by atoms with Crippen LogP contribution < -0.4 is 15.0 Å². The lowest BCUT2D eigenvalue weighted by Gasteiger charge is -2.35. The van der Waals surface area contributed by atoms with Crippen molar-refractivity contribution in [2.75, 3.05) is 26.4 Å². The molecule has 2 aliphatic heterocycles. The van der Waals surface area contributed by atoms with Crippen LogP contribution in [0.5, 0.6) is 11.5 Å². The number of alkyl halides is 3. The molecular formula is C24H26BrF3N6O2S. The largest absolute Gasteiger partial charge is 0.454 e. The van der Waals surface area contributed by atoms with Crippen molar-refractivity contribution in [3.05, 3.63) is 28.4 Å². The molecule has 2 fully saturated rings. The van der Waals surface area contributed by atoms with E-state index in [0.29, 0.717) is 53.4 Å². The van der Waals surface area contributed by atoms with Gasteiger partial charge in [0, 0.05) is 22.5 Å². The number of aromatic amines is 1. The Morgan fingerprint density at radius 1 is 1.19 bits per heavy atom. The molecule has 0 amide bonds. The Morgan fingerprint density at radius 2 is 1.92 bits per heavy atom. The highest BCUT2D eigenvalue weighted by Crippen LogP contribution is 2.58. The minimum Gasteiger partial charge on any atom is -0.454 e. The summed E-state index contributed by atoms with van der Waals surface area (Å²) >= 11 is 4.99. The van der Waals surface area contributed by atoms with E-state index in [2.05, 4.69) is 25.9 Å². The summed E-state index contributed by atoms with van der Waals surface area (Å²) in [5.74, 6) is 1.80. The molecule has 4 heterocycles. The van der Waals surface area contributed by atoms with Crippen molar-refractivity contribution >= 4 is 38.9 Å². The normalized spacial score (nSPS) is 19.6. The maximum Gasteiger partial charge on any atom is 0.395 e. The number of rotatable bonds is 7. The predicted octanol–water partition coefficient (Wildman–Crippen LogP) is 5.33. The zero-order chi connectivity index (χ0) is 25.8. The number of nitrogens with one attached hydrogen (secondary N) is 2. The summed E-state index contributed by atoms with van der Waals surface area (Å²) in [4.78, 5) is 15.1. The molecule has 8 nitrogen and oxygen atoms in total. The van der Waals surface area contributed by atoms with Gasteiger partial charge in [-0.25, -0.2) is 9.97 Å². The number of H-pyrrole nitrogens is 1. The van der Waals surface area contributed by atoms with E-state index in [1.54, 1.807) is 6.33 Å². The molecule has 198 valence electrons. The molecule has 6 rings (SSSR count). The molecule has 1 saturated heterocycles. The molecule has 1 aliphatic carbocycles. The molecule has 0 unspecified atom stereocenters. The first-order chi connectivity index (χ1) is 17.7. The second-order valence-corrected chi connectivity index (χ2v) is 11.9. The summed E-state index contributed by atoms with van der Waals surface area (Å²) in [6.07, 6.45) is 0.742. The van der Waals surface area contributed by atoms with Crippen LogP contribution in [0.3, 0.4) is 0 Å². The summed E-state index contributed by atoms with van der Waals surface area (Å²) < 4.78 is 53.7. The fourth-order valence-corrected chi connectivity index (χ4v) is 6.50. The molecule has 1 saturated carbocycles. The number of aryl methyl sites for hydroxylation is 1. The highest BCUT2D eigenvalue weighted by Gasteiger charge is 2.63. The van der Waals surface area contributed by atoms with Gasteiger partial charge in [0.25, 0.3) is 0 Å². The number of likely N-dealkylation sites (tertiary alicyclic amines) is 1. The van der Waals surface area contributed by atoms with E-state index in [4.69, 9.17) is 19.9 Å². The van der Waals surface area contributed by atoms with E-state index in [9.17, 15) is 13.2 Å². The molecule has 13 heteroatoms. The maximum absolute atomic E-state index is 13.3. The van der Waals surface area contributed by atoms with Crippen LogP contribution in [0.2, 0.25) is 0 Å². The zero-order valence-electron chi connectivity index (χ0n) is 19.9. The van der Waals surface area contributed by atoms with E-state index < -0.39 is 11.6 Å². The lowest BCUT2D eigenvalue weighted by atomic mass is 9.92. The van der Waals surface area contributed by atoms with Gasteiger partial charge in [0.15, 0.2) is 27.8 Å². The number of hydrogen-bond donors (Lipinski definition) is 2. The number of imidazole rings is 1. The number of nitrogens with zero attached hydrogens (tertiary/aromatic N) is 4. The molecule has 2 aromatic heterocycles. The Hall–Kier alpha value is -2.25. The second-order valence-electron chi connectivity index (χ2n) is 10.1. The molecule has 37 heavy (non-hydrogen) atoms. The van der Waals surface area contributed by atoms with Crippen molar-refractivity contribution in [2.45, 2.75) is 54.9 Å². The lowest BCUT2D eigenvalue weighted by molar-refractivity contribution is -0.192. The van der Waals surface area contributed by atoms with E-state index in [1.165, 1.54) is 11.8 Å². The molecule has 0 spiro atoms. The summed E-state index contributed by atoms with van der Waals surface area (Å²) in [5, 5.41) is 8.87. The summed E-state index contributed by atoms with van der Waals surface area (Å²) in [6, 6.07) is 3.76. The van der Waals surface area contributed by atoms with Gasteiger partial charge in [-0.2, -0.15) is 13.2 Å². The molecule has 3 aromatic rings. The quantitative estimate of drug-likeness (QED) is 0.382. The van der Waals surface area contributed by atoms with Crippen LogP contribution in [-0.2, 0) is 6.54 Å². The Labute approximate surface area is 223 Å². The summed E-state index contributed by atoms with van der Waals surface area (Å²) in [7, 11) is 0. The second kappa shape index (κ2) is 9.49. The maximum atomic E-state index is 13.3. The molecule has 1 aromatic carbocycles. The number of fused-ring (bicyclic) bond motifs is 2. The van der Waals surface area contributed by atoms with Gasteiger partial charge in [0.1, 0.15) is 5.52 Å². The average Bonchev–Trinajstić information content (AvgIpc) is 3.31. The lowest BCUT2D eigenvalue weighted by Crippen LogP contribution is -2.42. The molecule has 3 aliphatic rings. The third-order valence-corrected chi connectivity index (χ3v) is 9.46. The summed E-state index contributed by atoms with van der Waals surface area (Å²) in [5.41, 5.74) is -0.102. The van der Waals surface area contributed by atoms with Crippen LogP contribution in [0, 0.1) is 16.7 Å². The topological polar surface area (TPSA) is 92.1 Å². The molecule has 0 radical (unpaired) electrons. The Morgan fingerprint density at radius 3 is 2.62 bits per heavy atom. The molecule has 0 atom stereocenters. The molecule has 0 bridgehead atoms. The van der Waals surface area contributed by atoms with Gasteiger partial charge in [-0.05, 0) is 79.2 Å². The number of benzene rings is 1. The van der Waals surface area contributed by atoms with Crippen molar-refractivity contribution in [1.82, 2.24) is 24.4 Å². The van der Waals surface area contributed by atoms with Gasteiger partial charge in [0.2, 0.25) is 6.79 Å². The fraction of sp³-hybridized carbons (Fsp3) is 0.542. The number of ether oxygens (including phenoxy) is 2. The van der Waals surface area contributed by atoms with Crippen molar-refractivity contribution in [3.8, 4) is 11.5 Å². The van der Waals surface area contributed by atoms with Crippen LogP contribution in [0.1, 0.15) is 32.1 Å². The van der Waals surface area contributed by atoms with Gasteiger partial charge in [-0.15, -0.1) is 0 Å². The number of aromatic nitrogens is 4. The summed E-state index contributed by atoms with van der Waals surface area (Å²) in [6.45, 7) is 2.44. The van der Waals surface area contributed by atoms with Crippen LogP contribution in [0.4, 0.5) is 13.2 Å². The zero-order valence-corrected chi connectivity index (χ0v) is 22.3. The van der Waals surface area contributed by atoms with E-state index in [1.807, 2.05) is 21.6 Å². The average molecular weight is 599 g/mol. The van der Waals surface area contributed by atoms with Crippen molar-refractivity contribution in [3.63, 3.8) is 0 Å². The van der Waals surface area contributed by atoms with Crippen molar-refractivity contribution in [2.24, 2.45) is 11.3 Å². The van der Waals surface area contributed by atoms with E-state index >= 15 is 0 Å². The first-order valence-corrected chi connectivity index (χ1v) is 13.9. The minimum atomic E-state index is -4.09. The third-order valence-electron chi connectivity index (χ3n) is 7.60. The van der Waals surface area contributed by atoms with Crippen molar-refractivity contribution in [1.29, 1.82) is 5.41 Å². The van der Waals surface area contributed by atoms with E-state index in [0.717, 1.165) is 28.6 Å². The van der Waals surface area contributed by atoms with Gasteiger partial charge >= 0.3 is 6.18 Å². The standard InChI is InChI=1S/C24H26BrF3N6O2S/c25-15-9-16-17(36-13-35-16)10-18(15)37-22-31-19-20(29)30-12-34(21(19)32-22)8-3-14-1-6-33(7-2-14)11-23(4-5-23)24(26,27)28/h9-10,12,14,29H,1-8,11,13H2,(H,31,32). The van der Waals surface area contributed by atoms with Gasteiger partial charge in [-0.1, -0.05) is 11.8 Å². The molecular weight excluding hydrogens is 573 g/mol. The van der Waals surface area contributed by atoms with Gasteiger partial charge in [-0.3, -0.25) is 5.41 Å². The number of halogens is 4. The van der Waals surface area contributed by atoms with Crippen LogP contribution >= 0.6 is 27.7 Å². The highest BCUT2D eigenvalue weighted by molar-refractivity contribution is 9.10. The van der Waals surface area contributed by atoms with Crippen LogP contribution in [0.15, 0.2) is 33.0 Å². The van der Waals surface area contributed by atoms with Gasteiger partial charge < -0.3 is 23.9 Å². The van der Waals surface area contributed by atoms with Gasteiger partial charge in [0.05, 0.1) is 11.7 Å². The first-order valence-electron chi connectivity index (χ1n) is 12.3. The predicted molar refractivity (Wildman–Crippen MR) is 134 cm³/mol. The third kappa shape index (κ3) is 4.97. The Bertz CT molecular complexity index is 1380. The Balaban J connectivity index is 1.10. The minimum absolute atomic E-state index is 0.127. The van der Waals surface area contributed by atoms with Crippen molar-refractivity contribution < 1.29 is 22.6 Å². The molecule has 2 N–H and O–H groups in total. The smallest absolute Gasteiger partial charge is 0.395 e. The van der Waals surface area contributed by atoms with Crippen LogP contribution in [-0.4, -0.2) is 57.0 Å². The highest BCUT2D eigenvalue weighted by atomic mass is 79.9. The first kappa shape index (κ1) is 25.1. The van der Waals surface area contributed by atoms with Crippen LogP contribution in [0.25, 0.3) is 11.2 Å². The number of hydrogen-bond acceptors (Lipinski definition) is 7. The fourth-order valence-electron chi connectivity index (χ4n) is 5.12. The monoisotopic (exact) mass is 598 g/mol. The Kier molecular flexibility index (Phi) is 6.43. The number of piperidine rings is 1.